The first-order valence-electron chi connectivity index (χ1n) is 8.59. The third-order valence-corrected chi connectivity index (χ3v) is 6.05. The van der Waals surface area contributed by atoms with E-state index in [0.717, 1.165) is 22.5 Å². The monoisotopic (exact) mass is 384 g/mol. The molecule has 4 rings (SSSR count). The Morgan fingerprint density at radius 3 is 2.78 bits per heavy atom. The topological polar surface area (TPSA) is 81.5 Å². The lowest BCUT2D eigenvalue weighted by Crippen LogP contribution is -2.28. The molecule has 0 aliphatic rings. The smallest absolute Gasteiger partial charge is 0.240 e. The molecule has 1 N–H and O–H groups in total. The fourth-order valence-corrected chi connectivity index (χ4v) is 4.39. The molecule has 7 nitrogen and oxygen atoms in total. The summed E-state index contributed by atoms with van der Waals surface area (Å²) in [6, 6.07) is 11.0. The molecule has 0 aliphatic carbocycles. The highest BCUT2D eigenvalue weighted by atomic mass is 32.2. The molecule has 1 aromatic carbocycles. The molecule has 3 heterocycles. The van der Waals surface area contributed by atoms with E-state index in [4.69, 9.17) is 4.42 Å². The third-order valence-electron chi connectivity index (χ3n) is 4.45. The maximum absolute atomic E-state index is 12.6. The number of benzene rings is 1. The number of aryl methyl sites for hydroxylation is 2. The van der Waals surface area contributed by atoms with Crippen LogP contribution >= 0.6 is 0 Å². The lowest BCUT2D eigenvalue weighted by Gasteiger charge is -2.10. The quantitative estimate of drug-likeness (QED) is 0.554. The van der Waals surface area contributed by atoms with Crippen molar-refractivity contribution in [3.05, 3.63) is 66.2 Å². The van der Waals surface area contributed by atoms with Crippen LogP contribution in [-0.4, -0.2) is 29.1 Å². The number of nitrogens with zero attached hydrogens (tertiary/aromatic N) is 3. The second-order valence-electron chi connectivity index (χ2n) is 6.47. The number of aromatic nitrogens is 3. The van der Waals surface area contributed by atoms with Crippen molar-refractivity contribution in [3.8, 4) is 11.5 Å². The number of sulfonamides is 1. The molecule has 0 spiro atoms. The summed E-state index contributed by atoms with van der Waals surface area (Å²) in [6.45, 7) is 4.45. The first kappa shape index (κ1) is 17.6. The molecule has 0 atom stereocenters. The molecule has 4 aromatic rings. The van der Waals surface area contributed by atoms with Crippen LogP contribution in [0.15, 0.2) is 64.4 Å². The molecular weight excluding hydrogens is 364 g/mol. The van der Waals surface area contributed by atoms with Gasteiger partial charge in [-0.3, -0.25) is 0 Å². The zero-order valence-electron chi connectivity index (χ0n) is 15.1. The summed E-state index contributed by atoms with van der Waals surface area (Å²) in [7, 11) is -3.55. The van der Waals surface area contributed by atoms with E-state index in [1.165, 1.54) is 0 Å². The molecule has 3 aromatic heterocycles. The fraction of sp³-hybridized carbons (Fsp3) is 0.211. The summed E-state index contributed by atoms with van der Waals surface area (Å²) in [5.41, 5.74) is 3.25. The minimum Gasteiger partial charge on any atom is -0.463 e. The van der Waals surface area contributed by atoms with E-state index >= 15 is 0 Å². The Hall–Kier alpha value is -2.84. The van der Waals surface area contributed by atoms with Crippen molar-refractivity contribution < 1.29 is 12.8 Å². The van der Waals surface area contributed by atoms with E-state index in [2.05, 4.69) is 9.82 Å². The van der Waals surface area contributed by atoms with Crippen molar-refractivity contribution in [1.29, 1.82) is 0 Å². The highest BCUT2D eigenvalue weighted by Gasteiger charge is 2.17. The first-order valence-corrected chi connectivity index (χ1v) is 10.1. The van der Waals surface area contributed by atoms with Crippen molar-refractivity contribution >= 4 is 15.7 Å². The van der Waals surface area contributed by atoms with Crippen LogP contribution in [0.4, 0.5) is 0 Å². The SMILES string of the molecule is Cc1ccc(C)c(S(=O)(=O)NCCn2ccn3nc(-c4ccco4)cc23)c1. The molecular formula is C19H20N4O3S. The molecule has 0 saturated carbocycles. The Balaban J connectivity index is 1.50. The van der Waals surface area contributed by atoms with Gasteiger partial charge in [0.2, 0.25) is 10.0 Å². The molecule has 0 amide bonds. The van der Waals surface area contributed by atoms with Crippen LogP contribution in [0.5, 0.6) is 0 Å². The number of nitrogens with one attached hydrogen (secondary N) is 1. The van der Waals surface area contributed by atoms with Gasteiger partial charge in [0, 0.05) is 31.5 Å². The van der Waals surface area contributed by atoms with Crippen LogP contribution in [0.1, 0.15) is 11.1 Å². The Labute approximate surface area is 157 Å². The second-order valence-corrected chi connectivity index (χ2v) is 8.20. The highest BCUT2D eigenvalue weighted by molar-refractivity contribution is 7.89. The molecule has 0 unspecified atom stereocenters. The second kappa shape index (κ2) is 6.71. The number of imidazole rings is 1. The van der Waals surface area contributed by atoms with Gasteiger partial charge in [-0.15, -0.1) is 0 Å². The van der Waals surface area contributed by atoms with Crippen LogP contribution in [0, 0.1) is 13.8 Å². The van der Waals surface area contributed by atoms with Gasteiger partial charge in [-0.25, -0.2) is 17.7 Å². The Bertz CT molecular complexity index is 1190. The number of rotatable bonds is 6. The lowest BCUT2D eigenvalue weighted by atomic mass is 10.2. The maximum atomic E-state index is 12.6. The lowest BCUT2D eigenvalue weighted by molar-refractivity contribution is 0.573. The minimum atomic E-state index is -3.55. The molecule has 27 heavy (non-hydrogen) atoms. The van der Waals surface area contributed by atoms with Gasteiger partial charge >= 0.3 is 0 Å². The van der Waals surface area contributed by atoms with Gasteiger partial charge in [0.15, 0.2) is 5.76 Å². The predicted octanol–water partition coefficient (Wildman–Crippen LogP) is 2.99. The summed E-state index contributed by atoms with van der Waals surface area (Å²) in [5.74, 6) is 0.695. The molecule has 140 valence electrons. The molecule has 0 bridgehead atoms. The van der Waals surface area contributed by atoms with Crippen LogP contribution in [0.2, 0.25) is 0 Å². The van der Waals surface area contributed by atoms with E-state index in [9.17, 15) is 8.42 Å². The zero-order chi connectivity index (χ0) is 19.0. The summed E-state index contributed by atoms with van der Waals surface area (Å²) in [5, 5.41) is 4.46. The normalized spacial score (nSPS) is 12.1. The average molecular weight is 384 g/mol. The molecule has 0 aliphatic heterocycles. The van der Waals surface area contributed by atoms with Crippen molar-refractivity contribution in [3.63, 3.8) is 0 Å². The van der Waals surface area contributed by atoms with Crippen molar-refractivity contribution in [2.24, 2.45) is 0 Å². The van der Waals surface area contributed by atoms with Crippen LogP contribution < -0.4 is 4.72 Å². The number of furan rings is 1. The zero-order valence-corrected chi connectivity index (χ0v) is 15.9. The molecule has 8 heteroatoms. The maximum Gasteiger partial charge on any atom is 0.240 e. The Morgan fingerprint density at radius 2 is 2.00 bits per heavy atom. The summed E-state index contributed by atoms with van der Waals surface area (Å²) >= 11 is 0. The Kier molecular flexibility index (Phi) is 4.37. The van der Waals surface area contributed by atoms with Crippen molar-refractivity contribution in [2.45, 2.75) is 25.3 Å². The van der Waals surface area contributed by atoms with Gasteiger partial charge < -0.3 is 8.98 Å². The molecule has 0 fully saturated rings. The van der Waals surface area contributed by atoms with E-state index in [1.54, 1.807) is 23.8 Å². The molecule has 0 saturated heterocycles. The van der Waals surface area contributed by atoms with Gasteiger partial charge in [0.05, 0.1) is 11.2 Å². The van der Waals surface area contributed by atoms with Crippen LogP contribution in [0.3, 0.4) is 0 Å². The number of fused-ring (bicyclic) bond motifs is 1. The predicted molar refractivity (Wildman–Crippen MR) is 102 cm³/mol. The van der Waals surface area contributed by atoms with E-state index in [-0.39, 0.29) is 6.54 Å². The third kappa shape index (κ3) is 3.41. The van der Waals surface area contributed by atoms with Crippen molar-refractivity contribution in [2.75, 3.05) is 6.54 Å². The van der Waals surface area contributed by atoms with Crippen LogP contribution in [-0.2, 0) is 16.6 Å². The van der Waals surface area contributed by atoms with Gasteiger partial charge in [0.1, 0.15) is 11.3 Å². The van der Waals surface area contributed by atoms with Gasteiger partial charge in [-0.2, -0.15) is 5.10 Å². The van der Waals surface area contributed by atoms with E-state index in [0.29, 0.717) is 17.2 Å². The van der Waals surface area contributed by atoms with E-state index < -0.39 is 10.0 Å². The van der Waals surface area contributed by atoms with E-state index in [1.807, 2.05) is 54.2 Å². The summed E-state index contributed by atoms with van der Waals surface area (Å²) < 4.78 is 37.0. The Morgan fingerprint density at radius 1 is 1.15 bits per heavy atom. The van der Waals surface area contributed by atoms with Crippen molar-refractivity contribution in [1.82, 2.24) is 18.9 Å². The summed E-state index contributed by atoms with van der Waals surface area (Å²) in [6.07, 6.45) is 5.32. The first-order chi connectivity index (χ1) is 12.9. The fourth-order valence-electron chi connectivity index (χ4n) is 3.04. The summed E-state index contributed by atoms with van der Waals surface area (Å²) in [4.78, 5) is 0.324. The standard InChI is InChI=1S/C19H20N4O3S/c1-14-5-6-15(2)18(12-14)27(24,25)20-7-8-22-9-10-23-19(22)13-16(21-23)17-4-3-11-26-17/h3-6,9-13,20H,7-8H2,1-2H3. The average Bonchev–Trinajstić information content (AvgIpc) is 3.34. The minimum absolute atomic E-state index is 0.279. The number of hydrogen-bond donors (Lipinski definition) is 1. The number of hydrogen-bond acceptors (Lipinski definition) is 4. The molecule has 0 radical (unpaired) electrons. The van der Waals surface area contributed by atoms with Gasteiger partial charge in [-0.1, -0.05) is 12.1 Å². The van der Waals surface area contributed by atoms with Crippen LogP contribution in [0.25, 0.3) is 17.1 Å². The van der Waals surface area contributed by atoms with Gasteiger partial charge in [0.25, 0.3) is 0 Å². The largest absolute Gasteiger partial charge is 0.463 e. The highest BCUT2D eigenvalue weighted by Crippen LogP contribution is 2.20. The van der Waals surface area contributed by atoms with Gasteiger partial charge in [-0.05, 0) is 43.2 Å².